The van der Waals surface area contributed by atoms with Gasteiger partial charge in [-0.1, -0.05) is 5.16 Å². The minimum atomic E-state index is -4.16. The molecule has 0 aromatic rings. The SMILES string of the molecule is NC(CCCCNCC(F)(F)F)=NO. The molecule has 0 aromatic heterocycles. The van der Waals surface area contributed by atoms with Crippen molar-refractivity contribution in [3.8, 4) is 0 Å². The number of hydrogen-bond donors (Lipinski definition) is 3. The highest BCUT2D eigenvalue weighted by molar-refractivity contribution is 5.79. The lowest BCUT2D eigenvalue weighted by Gasteiger charge is -2.07. The van der Waals surface area contributed by atoms with Gasteiger partial charge >= 0.3 is 6.18 Å². The number of alkyl halides is 3. The molecule has 0 aliphatic carbocycles. The Bertz CT molecular complexity index is 182. The van der Waals surface area contributed by atoms with Crippen LogP contribution in [0.4, 0.5) is 13.2 Å². The molecule has 0 radical (unpaired) electrons. The number of nitrogens with one attached hydrogen (secondary N) is 1. The van der Waals surface area contributed by atoms with E-state index in [9.17, 15) is 13.2 Å². The first kappa shape index (κ1) is 13.0. The summed E-state index contributed by atoms with van der Waals surface area (Å²) in [7, 11) is 0. The third kappa shape index (κ3) is 9.11. The Morgan fingerprint density at radius 1 is 1.36 bits per heavy atom. The second-order valence-corrected chi connectivity index (χ2v) is 2.84. The highest BCUT2D eigenvalue weighted by Crippen LogP contribution is 2.12. The summed E-state index contributed by atoms with van der Waals surface area (Å²) in [6, 6.07) is 0. The molecule has 84 valence electrons. The van der Waals surface area contributed by atoms with Crippen LogP contribution in [0.1, 0.15) is 19.3 Å². The van der Waals surface area contributed by atoms with Crippen molar-refractivity contribution in [3.05, 3.63) is 0 Å². The van der Waals surface area contributed by atoms with Crippen LogP contribution < -0.4 is 11.1 Å². The Hall–Kier alpha value is -0.980. The summed E-state index contributed by atoms with van der Waals surface area (Å²) in [6.07, 6.45) is -2.61. The topological polar surface area (TPSA) is 70.6 Å². The van der Waals surface area contributed by atoms with E-state index in [1.165, 1.54) is 0 Å². The Labute approximate surface area is 80.0 Å². The Balaban J connectivity index is 3.23. The van der Waals surface area contributed by atoms with Gasteiger partial charge in [-0.15, -0.1) is 0 Å². The first-order chi connectivity index (χ1) is 6.45. The van der Waals surface area contributed by atoms with E-state index in [1.807, 2.05) is 0 Å². The van der Waals surface area contributed by atoms with Gasteiger partial charge in [0.1, 0.15) is 5.84 Å². The van der Waals surface area contributed by atoms with Crippen LogP contribution in [0.2, 0.25) is 0 Å². The first-order valence-electron chi connectivity index (χ1n) is 4.19. The summed E-state index contributed by atoms with van der Waals surface area (Å²) in [6.45, 7) is -0.700. The maximum Gasteiger partial charge on any atom is 0.401 e. The van der Waals surface area contributed by atoms with Crippen LogP contribution in [0.25, 0.3) is 0 Å². The molecule has 14 heavy (non-hydrogen) atoms. The number of hydrogen-bond acceptors (Lipinski definition) is 3. The number of unbranched alkanes of at least 4 members (excludes halogenated alkanes) is 1. The molecule has 0 rings (SSSR count). The maximum absolute atomic E-state index is 11.6. The predicted molar refractivity (Wildman–Crippen MR) is 46.2 cm³/mol. The number of rotatable bonds is 6. The summed E-state index contributed by atoms with van der Waals surface area (Å²) < 4.78 is 34.8. The highest BCUT2D eigenvalue weighted by Gasteiger charge is 2.25. The molecule has 0 atom stereocenters. The number of amidine groups is 1. The average Bonchev–Trinajstić information content (AvgIpc) is 2.08. The Morgan fingerprint density at radius 3 is 2.50 bits per heavy atom. The molecular formula is C7H14F3N3O. The molecule has 0 heterocycles. The van der Waals surface area contributed by atoms with Crippen LogP contribution in [-0.4, -0.2) is 30.3 Å². The van der Waals surface area contributed by atoms with E-state index in [4.69, 9.17) is 10.9 Å². The van der Waals surface area contributed by atoms with Gasteiger partial charge in [0.05, 0.1) is 6.54 Å². The summed E-state index contributed by atoms with van der Waals surface area (Å²) in [5.41, 5.74) is 5.16. The van der Waals surface area contributed by atoms with Crippen molar-refractivity contribution in [1.82, 2.24) is 5.32 Å². The molecule has 0 aliphatic heterocycles. The van der Waals surface area contributed by atoms with E-state index in [-0.39, 0.29) is 12.4 Å². The fourth-order valence-corrected chi connectivity index (χ4v) is 0.836. The lowest BCUT2D eigenvalue weighted by Crippen LogP contribution is -2.29. The molecule has 0 amide bonds. The minimum absolute atomic E-state index is 0.0980. The minimum Gasteiger partial charge on any atom is -0.409 e. The maximum atomic E-state index is 11.6. The quantitative estimate of drug-likeness (QED) is 0.203. The molecule has 0 unspecified atom stereocenters. The van der Waals surface area contributed by atoms with Gasteiger partial charge in [-0.2, -0.15) is 13.2 Å². The van der Waals surface area contributed by atoms with Gasteiger partial charge in [-0.3, -0.25) is 0 Å². The molecule has 4 nitrogen and oxygen atoms in total. The fourth-order valence-electron chi connectivity index (χ4n) is 0.836. The van der Waals surface area contributed by atoms with E-state index in [2.05, 4.69) is 10.5 Å². The number of oxime groups is 1. The summed E-state index contributed by atoms with van der Waals surface area (Å²) in [5, 5.41) is 13.1. The van der Waals surface area contributed by atoms with Gasteiger partial charge in [0, 0.05) is 6.42 Å². The average molecular weight is 213 g/mol. The lowest BCUT2D eigenvalue weighted by molar-refractivity contribution is -0.124. The lowest BCUT2D eigenvalue weighted by atomic mass is 10.2. The first-order valence-corrected chi connectivity index (χ1v) is 4.19. The molecule has 0 saturated carbocycles. The highest BCUT2D eigenvalue weighted by atomic mass is 19.4. The summed E-state index contributed by atoms with van der Waals surface area (Å²) >= 11 is 0. The van der Waals surface area contributed by atoms with Crippen LogP contribution in [0.15, 0.2) is 5.16 Å². The van der Waals surface area contributed by atoms with Crippen LogP contribution >= 0.6 is 0 Å². The molecule has 4 N–H and O–H groups in total. The Kier molecular flexibility index (Phi) is 6.02. The third-order valence-corrected chi connectivity index (χ3v) is 1.49. The van der Waals surface area contributed by atoms with E-state index < -0.39 is 12.7 Å². The van der Waals surface area contributed by atoms with Gasteiger partial charge < -0.3 is 16.3 Å². The molecule has 7 heteroatoms. The molecule has 0 aromatic carbocycles. The van der Waals surface area contributed by atoms with E-state index >= 15 is 0 Å². The zero-order chi connectivity index (χ0) is 11.0. The van der Waals surface area contributed by atoms with Crippen molar-refractivity contribution >= 4 is 5.84 Å². The normalized spacial score (nSPS) is 13.2. The van der Waals surface area contributed by atoms with Gasteiger partial charge in [-0.05, 0) is 19.4 Å². The largest absolute Gasteiger partial charge is 0.409 e. The summed E-state index contributed by atoms with van der Waals surface area (Å²) in [5.74, 6) is 0.0980. The van der Waals surface area contributed by atoms with Crippen molar-refractivity contribution in [3.63, 3.8) is 0 Å². The van der Waals surface area contributed by atoms with E-state index in [0.29, 0.717) is 19.3 Å². The smallest absolute Gasteiger partial charge is 0.401 e. The van der Waals surface area contributed by atoms with Crippen LogP contribution in [0, 0.1) is 0 Å². The molecular weight excluding hydrogens is 199 g/mol. The monoisotopic (exact) mass is 213 g/mol. The second-order valence-electron chi connectivity index (χ2n) is 2.84. The van der Waals surface area contributed by atoms with Crippen molar-refractivity contribution in [2.45, 2.75) is 25.4 Å². The molecule has 0 aliphatic rings. The van der Waals surface area contributed by atoms with Crippen molar-refractivity contribution in [2.24, 2.45) is 10.9 Å². The number of nitrogens with two attached hydrogens (primary N) is 1. The molecule has 0 bridgehead atoms. The van der Waals surface area contributed by atoms with Crippen LogP contribution in [-0.2, 0) is 0 Å². The van der Waals surface area contributed by atoms with Crippen molar-refractivity contribution in [1.29, 1.82) is 0 Å². The van der Waals surface area contributed by atoms with Crippen molar-refractivity contribution < 1.29 is 18.4 Å². The van der Waals surface area contributed by atoms with Crippen LogP contribution in [0.5, 0.6) is 0 Å². The van der Waals surface area contributed by atoms with Crippen LogP contribution in [0.3, 0.4) is 0 Å². The zero-order valence-electron chi connectivity index (χ0n) is 7.64. The standard InChI is InChI=1S/C7H14F3N3O/c8-7(9,10)5-12-4-2-1-3-6(11)13-14/h12,14H,1-5H2,(H2,11,13). The Morgan fingerprint density at radius 2 is 2.00 bits per heavy atom. The van der Waals surface area contributed by atoms with Crippen molar-refractivity contribution in [2.75, 3.05) is 13.1 Å². The molecule has 0 spiro atoms. The van der Waals surface area contributed by atoms with Gasteiger partial charge in [0.25, 0.3) is 0 Å². The van der Waals surface area contributed by atoms with Gasteiger partial charge in [0.15, 0.2) is 0 Å². The summed E-state index contributed by atoms with van der Waals surface area (Å²) in [4.78, 5) is 0. The van der Waals surface area contributed by atoms with E-state index in [0.717, 1.165) is 0 Å². The second kappa shape index (κ2) is 6.47. The predicted octanol–water partition coefficient (Wildman–Crippen LogP) is 1.05. The number of halogens is 3. The number of nitrogens with zero attached hydrogens (tertiary/aromatic N) is 1. The molecule has 0 saturated heterocycles. The third-order valence-electron chi connectivity index (χ3n) is 1.49. The van der Waals surface area contributed by atoms with E-state index in [1.54, 1.807) is 0 Å². The van der Waals surface area contributed by atoms with Gasteiger partial charge in [0.2, 0.25) is 0 Å². The fraction of sp³-hybridized carbons (Fsp3) is 0.857. The molecule has 0 fully saturated rings. The zero-order valence-corrected chi connectivity index (χ0v) is 7.64. The van der Waals surface area contributed by atoms with Gasteiger partial charge in [-0.25, -0.2) is 0 Å².